The van der Waals surface area contributed by atoms with Crippen molar-refractivity contribution in [2.24, 2.45) is 0 Å². The molecule has 1 atom stereocenters. The van der Waals surface area contributed by atoms with E-state index in [-0.39, 0.29) is 0 Å². The van der Waals surface area contributed by atoms with Gasteiger partial charge in [0.1, 0.15) is 6.04 Å². The molecule has 0 bridgehead atoms. The third-order valence-corrected chi connectivity index (χ3v) is 2.40. The van der Waals surface area contributed by atoms with Crippen LogP contribution in [0.2, 0.25) is 5.02 Å². The van der Waals surface area contributed by atoms with Gasteiger partial charge in [-0.3, -0.25) is 4.79 Å². The number of nitrogens with one attached hydrogen (secondary N) is 1. The minimum Gasteiger partial charge on any atom is -0.480 e. The molecular formula is C10H12ClNO2. The molecule has 1 unspecified atom stereocenters. The summed E-state index contributed by atoms with van der Waals surface area (Å²) in [6, 6.07) is 6.66. The van der Waals surface area contributed by atoms with Gasteiger partial charge >= 0.3 is 5.97 Å². The first-order valence-electron chi connectivity index (χ1n) is 4.28. The number of carboxylic acids is 1. The molecule has 2 N–H and O–H groups in total. The van der Waals surface area contributed by atoms with Crippen molar-refractivity contribution >= 4 is 17.6 Å². The van der Waals surface area contributed by atoms with Gasteiger partial charge in [0.2, 0.25) is 0 Å². The SMILES string of the molecule is CNC(Cc1ccccc1Cl)C(=O)O. The zero-order valence-electron chi connectivity index (χ0n) is 7.83. The van der Waals surface area contributed by atoms with Crippen LogP contribution in [0.3, 0.4) is 0 Å². The highest BCUT2D eigenvalue weighted by molar-refractivity contribution is 6.31. The van der Waals surface area contributed by atoms with Gasteiger partial charge in [-0.2, -0.15) is 0 Å². The van der Waals surface area contributed by atoms with Crippen LogP contribution in [0.5, 0.6) is 0 Å². The number of benzene rings is 1. The van der Waals surface area contributed by atoms with Crippen molar-refractivity contribution in [1.82, 2.24) is 5.32 Å². The fraction of sp³-hybridized carbons (Fsp3) is 0.300. The minimum absolute atomic E-state index is 0.394. The van der Waals surface area contributed by atoms with Crippen molar-refractivity contribution in [3.63, 3.8) is 0 Å². The molecular weight excluding hydrogens is 202 g/mol. The average molecular weight is 214 g/mol. The van der Waals surface area contributed by atoms with Crippen LogP contribution in [0.4, 0.5) is 0 Å². The Morgan fingerprint density at radius 3 is 2.71 bits per heavy atom. The fourth-order valence-corrected chi connectivity index (χ4v) is 1.41. The maximum atomic E-state index is 10.7. The van der Waals surface area contributed by atoms with Gasteiger partial charge in [0.05, 0.1) is 0 Å². The first-order valence-corrected chi connectivity index (χ1v) is 4.66. The van der Waals surface area contributed by atoms with Crippen LogP contribution in [-0.4, -0.2) is 24.2 Å². The van der Waals surface area contributed by atoms with Crippen molar-refractivity contribution in [2.75, 3.05) is 7.05 Å². The van der Waals surface area contributed by atoms with Crippen LogP contribution in [0.15, 0.2) is 24.3 Å². The van der Waals surface area contributed by atoms with E-state index in [1.807, 2.05) is 18.2 Å². The minimum atomic E-state index is -0.868. The highest BCUT2D eigenvalue weighted by Crippen LogP contribution is 2.16. The molecule has 14 heavy (non-hydrogen) atoms. The summed E-state index contributed by atoms with van der Waals surface area (Å²) in [5, 5.41) is 12.1. The van der Waals surface area contributed by atoms with E-state index in [0.717, 1.165) is 5.56 Å². The average Bonchev–Trinajstić information content (AvgIpc) is 2.16. The van der Waals surface area contributed by atoms with Gasteiger partial charge in [-0.25, -0.2) is 0 Å². The molecule has 1 aromatic carbocycles. The normalized spacial score (nSPS) is 12.4. The Morgan fingerprint density at radius 2 is 2.21 bits per heavy atom. The molecule has 0 radical (unpaired) electrons. The lowest BCUT2D eigenvalue weighted by Crippen LogP contribution is -2.35. The molecule has 0 saturated carbocycles. The molecule has 0 aliphatic carbocycles. The van der Waals surface area contributed by atoms with Gasteiger partial charge in [-0.05, 0) is 25.1 Å². The third-order valence-electron chi connectivity index (χ3n) is 2.03. The molecule has 0 heterocycles. The van der Waals surface area contributed by atoms with E-state index in [0.29, 0.717) is 11.4 Å². The maximum Gasteiger partial charge on any atom is 0.321 e. The summed E-state index contributed by atoms with van der Waals surface area (Å²) in [6.07, 6.45) is 0.394. The summed E-state index contributed by atoms with van der Waals surface area (Å²) in [7, 11) is 1.62. The summed E-state index contributed by atoms with van der Waals surface area (Å²) in [5.74, 6) is -0.868. The molecule has 0 fully saturated rings. The second-order valence-corrected chi connectivity index (χ2v) is 3.38. The van der Waals surface area contributed by atoms with E-state index in [4.69, 9.17) is 16.7 Å². The molecule has 1 aromatic rings. The number of halogens is 1. The molecule has 0 spiro atoms. The van der Waals surface area contributed by atoms with Crippen LogP contribution in [-0.2, 0) is 11.2 Å². The standard InChI is InChI=1S/C10H12ClNO2/c1-12-9(10(13)14)6-7-4-2-3-5-8(7)11/h2-5,9,12H,6H2,1H3,(H,13,14). The van der Waals surface area contributed by atoms with Crippen molar-refractivity contribution in [1.29, 1.82) is 0 Å². The Morgan fingerprint density at radius 1 is 1.57 bits per heavy atom. The van der Waals surface area contributed by atoms with Gasteiger partial charge in [0, 0.05) is 5.02 Å². The van der Waals surface area contributed by atoms with E-state index in [1.165, 1.54) is 0 Å². The Hall–Kier alpha value is -1.06. The third kappa shape index (κ3) is 2.72. The molecule has 0 amide bonds. The van der Waals surface area contributed by atoms with E-state index in [9.17, 15) is 4.79 Å². The van der Waals surface area contributed by atoms with Gasteiger partial charge in [-0.1, -0.05) is 29.8 Å². The molecule has 76 valence electrons. The van der Waals surface area contributed by atoms with Crippen LogP contribution in [0, 0.1) is 0 Å². The van der Waals surface area contributed by atoms with Crippen molar-refractivity contribution in [2.45, 2.75) is 12.5 Å². The second kappa shape index (κ2) is 4.98. The van der Waals surface area contributed by atoms with Crippen LogP contribution in [0.25, 0.3) is 0 Å². The Balaban J connectivity index is 2.77. The molecule has 3 nitrogen and oxygen atoms in total. The first-order chi connectivity index (χ1) is 6.65. The van der Waals surface area contributed by atoms with Crippen LogP contribution >= 0.6 is 11.6 Å². The summed E-state index contributed by atoms with van der Waals surface area (Å²) in [5.41, 5.74) is 0.843. The maximum absolute atomic E-state index is 10.7. The predicted octanol–water partition coefficient (Wildman–Crippen LogP) is 1.56. The highest BCUT2D eigenvalue weighted by Gasteiger charge is 2.16. The lowest BCUT2D eigenvalue weighted by Gasteiger charge is -2.11. The van der Waals surface area contributed by atoms with E-state index < -0.39 is 12.0 Å². The van der Waals surface area contributed by atoms with Gasteiger partial charge in [0.25, 0.3) is 0 Å². The summed E-state index contributed by atoms with van der Waals surface area (Å²) >= 11 is 5.91. The van der Waals surface area contributed by atoms with Crippen LogP contribution in [0.1, 0.15) is 5.56 Å². The number of aliphatic carboxylic acids is 1. The van der Waals surface area contributed by atoms with Crippen molar-refractivity contribution < 1.29 is 9.90 Å². The van der Waals surface area contributed by atoms with Gasteiger partial charge < -0.3 is 10.4 Å². The summed E-state index contributed by atoms with van der Waals surface area (Å²) < 4.78 is 0. The fourth-order valence-electron chi connectivity index (χ4n) is 1.20. The van der Waals surface area contributed by atoms with Gasteiger partial charge in [0.15, 0.2) is 0 Å². The molecule has 0 aromatic heterocycles. The topological polar surface area (TPSA) is 49.3 Å². The number of rotatable bonds is 4. The molecule has 0 saturated heterocycles. The summed E-state index contributed by atoms with van der Waals surface area (Å²) in [4.78, 5) is 10.7. The largest absolute Gasteiger partial charge is 0.480 e. The van der Waals surface area contributed by atoms with Crippen molar-refractivity contribution in [3.8, 4) is 0 Å². The number of likely N-dealkylation sites (N-methyl/N-ethyl adjacent to an activating group) is 1. The highest BCUT2D eigenvalue weighted by atomic mass is 35.5. The molecule has 1 rings (SSSR count). The second-order valence-electron chi connectivity index (χ2n) is 2.98. The van der Waals surface area contributed by atoms with E-state index in [1.54, 1.807) is 13.1 Å². The number of hydrogen-bond donors (Lipinski definition) is 2. The number of hydrogen-bond acceptors (Lipinski definition) is 2. The Labute approximate surface area is 87.7 Å². The predicted molar refractivity (Wildman–Crippen MR) is 55.6 cm³/mol. The van der Waals surface area contributed by atoms with Crippen LogP contribution < -0.4 is 5.32 Å². The summed E-state index contributed by atoms with van der Waals surface area (Å²) in [6.45, 7) is 0. The van der Waals surface area contributed by atoms with E-state index >= 15 is 0 Å². The quantitative estimate of drug-likeness (QED) is 0.798. The van der Waals surface area contributed by atoms with Gasteiger partial charge in [-0.15, -0.1) is 0 Å². The van der Waals surface area contributed by atoms with E-state index in [2.05, 4.69) is 5.32 Å². The molecule has 4 heteroatoms. The zero-order valence-corrected chi connectivity index (χ0v) is 8.58. The number of carbonyl (C=O) groups is 1. The lowest BCUT2D eigenvalue weighted by molar-refractivity contribution is -0.139. The monoisotopic (exact) mass is 213 g/mol. The number of carboxylic acid groups (broad SMARTS) is 1. The first kappa shape index (κ1) is 11.0. The lowest BCUT2D eigenvalue weighted by atomic mass is 10.1. The smallest absolute Gasteiger partial charge is 0.321 e. The Bertz CT molecular complexity index is 328. The molecule has 0 aliphatic rings. The molecule has 0 aliphatic heterocycles. The van der Waals surface area contributed by atoms with Crippen molar-refractivity contribution in [3.05, 3.63) is 34.9 Å². The Kier molecular flexibility index (Phi) is 3.92. The zero-order chi connectivity index (χ0) is 10.6.